The Labute approximate surface area is 116 Å². The predicted molar refractivity (Wildman–Crippen MR) is 74.7 cm³/mol. The Morgan fingerprint density at radius 1 is 0.895 bits per heavy atom. The second-order valence-electron chi connectivity index (χ2n) is 4.32. The van der Waals surface area contributed by atoms with E-state index in [9.17, 15) is 9.59 Å². The van der Waals surface area contributed by atoms with Gasteiger partial charge in [0.1, 0.15) is 0 Å². The summed E-state index contributed by atoms with van der Waals surface area (Å²) in [6.07, 6.45) is 8.74. The van der Waals surface area contributed by atoms with Gasteiger partial charge in [-0.2, -0.15) is 0 Å². The van der Waals surface area contributed by atoms with Crippen LogP contribution in [0.15, 0.2) is 12.2 Å². The van der Waals surface area contributed by atoms with Gasteiger partial charge in [-0.1, -0.05) is 32.4 Å². The summed E-state index contributed by atoms with van der Waals surface area (Å²) in [4.78, 5) is 22.6. The summed E-state index contributed by atoms with van der Waals surface area (Å²) < 4.78 is 10.0. The highest BCUT2D eigenvalue weighted by Crippen LogP contribution is 2.01. The molecule has 0 N–H and O–H groups in total. The third kappa shape index (κ3) is 12.9. The molecule has 0 aromatic heterocycles. The zero-order chi connectivity index (χ0) is 14.3. The highest BCUT2D eigenvalue weighted by Gasteiger charge is 2.06. The largest absolute Gasteiger partial charge is 0.466 e. The number of allylic oxidation sites excluding steroid dienone is 1. The highest BCUT2D eigenvalue weighted by molar-refractivity contribution is 5.72. The molecule has 0 fully saturated rings. The van der Waals surface area contributed by atoms with Gasteiger partial charge in [0.05, 0.1) is 13.2 Å². The first-order valence-electron chi connectivity index (χ1n) is 7.16. The average Bonchev–Trinajstić information content (AvgIpc) is 2.39. The van der Waals surface area contributed by atoms with Crippen molar-refractivity contribution in [2.75, 3.05) is 13.2 Å². The minimum Gasteiger partial charge on any atom is -0.466 e. The number of carbonyl (C=O) groups is 2. The first-order chi connectivity index (χ1) is 9.20. The molecular weight excluding hydrogens is 244 g/mol. The lowest BCUT2D eigenvalue weighted by Crippen LogP contribution is -2.09. The molecule has 0 aromatic rings. The van der Waals surface area contributed by atoms with E-state index in [0.717, 1.165) is 25.7 Å². The first kappa shape index (κ1) is 17.7. The molecule has 110 valence electrons. The van der Waals surface area contributed by atoms with Crippen molar-refractivity contribution in [1.29, 1.82) is 0 Å². The molecule has 0 aliphatic carbocycles. The molecule has 0 unspecified atom stereocenters. The maximum Gasteiger partial charge on any atom is 0.305 e. The summed E-state index contributed by atoms with van der Waals surface area (Å²) in [5.74, 6) is -0.474. The van der Waals surface area contributed by atoms with E-state index in [1.165, 1.54) is 0 Å². The molecule has 19 heavy (non-hydrogen) atoms. The van der Waals surface area contributed by atoms with Crippen molar-refractivity contribution in [3.05, 3.63) is 12.2 Å². The van der Waals surface area contributed by atoms with Crippen LogP contribution >= 0.6 is 0 Å². The fourth-order valence-electron chi connectivity index (χ4n) is 1.38. The van der Waals surface area contributed by atoms with Gasteiger partial charge in [-0.25, -0.2) is 0 Å². The van der Waals surface area contributed by atoms with Crippen LogP contribution in [0, 0.1) is 0 Å². The fourth-order valence-corrected chi connectivity index (χ4v) is 1.38. The van der Waals surface area contributed by atoms with E-state index < -0.39 is 0 Å². The number of hydrogen-bond acceptors (Lipinski definition) is 4. The number of esters is 2. The molecule has 0 radical (unpaired) electrons. The molecule has 0 heterocycles. The summed E-state index contributed by atoms with van der Waals surface area (Å²) in [7, 11) is 0. The lowest BCUT2D eigenvalue weighted by atomic mass is 10.2. The van der Waals surface area contributed by atoms with Gasteiger partial charge < -0.3 is 9.47 Å². The fraction of sp³-hybridized carbons (Fsp3) is 0.733. The Kier molecular flexibility index (Phi) is 12.2. The van der Waals surface area contributed by atoms with Gasteiger partial charge in [-0.3, -0.25) is 9.59 Å². The van der Waals surface area contributed by atoms with Crippen molar-refractivity contribution in [3.63, 3.8) is 0 Å². The van der Waals surface area contributed by atoms with Crippen LogP contribution in [0.2, 0.25) is 0 Å². The van der Waals surface area contributed by atoms with Gasteiger partial charge >= 0.3 is 11.9 Å². The molecule has 0 saturated carbocycles. The summed E-state index contributed by atoms with van der Waals surface area (Å²) in [6, 6.07) is 0. The van der Waals surface area contributed by atoms with E-state index in [2.05, 4.69) is 6.92 Å². The summed E-state index contributed by atoms with van der Waals surface area (Å²) in [6.45, 7) is 4.99. The molecule has 0 aliphatic rings. The maximum absolute atomic E-state index is 11.3. The monoisotopic (exact) mass is 270 g/mol. The van der Waals surface area contributed by atoms with E-state index in [1.807, 2.05) is 19.1 Å². The molecule has 0 bridgehead atoms. The quantitative estimate of drug-likeness (QED) is 0.328. The van der Waals surface area contributed by atoms with E-state index in [4.69, 9.17) is 9.47 Å². The maximum atomic E-state index is 11.3. The number of hydrogen-bond donors (Lipinski definition) is 0. The predicted octanol–water partition coefficient (Wildman–Crippen LogP) is 3.40. The van der Waals surface area contributed by atoms with E-state index in [1.54, 1.807) is 0 Å². The lowest BCUT2D eigenvalue weighted by molar-refractivity contribution is -0.145. The molecule has 0 rings (SSSR count). The summed E-state index contributed by atoms with van der Waals surface area (Å²) >= 11 is 0. The molecule has 4 heteroatoms. The number of ether oxygens (including phenoxy) is 2. The van der Waals surface area contributed by atoms with Crippen molar-refractivity contribution < 1.29 is 19.1 Å². The standard InChI is InChI=1S/C15H26O4/c1-3-5-7-8-13-19-15(17)11-9-10-14(16)18-12-6-4-2/h5,7H,3-4,6,8-13H2,1-2H3/b7-5+. The normalized spacial score (nSPS) is 10.6. The second-order valence-corrected chi connectivity index (χ2v) is 4.32. The Bertz CT molecular complexity index is 271. The number of unbranched alkanes of at least 4 members (excludes halogenated alkanes) is 1. The molecule has 0 aromatic carbocycles. The van der Waals surface area contributed by atoms with Crippen LogP contribution in [0.5, 0.6) is 0 Å². The second kappa shape index (κ2) is 13.1. The molecular formula is C15H26O4. The van der Waals surface area contributed by atoms with Crippen molar-refractivity contribution >= 4 is 11.9 Å². The van der Waals surface area contributed by atoms with E-state index >= 15 is 0 Å². The van der Waals surface area contributed by atoms with Crippen LogP contribution in [0.4, 0.5) is 0 Å². The van der Waals surface area contributed by atoms with Gasteiger partial charge in [0, 0.05) is 12.8 Å². The number of rotatable bonds is 11. The molecule has 4 nitrogen and oxygen atoms in total. The molecule has 0 amide bonds. The van der Waals surface area contributed by atoms with Crippen molar-refractivity contribution in [3.8, 4) is 0 Å². The topological polar surface area (TPSA) is 52.6 Å². The first-order valence-corrected chi connectivity index (χ1v) is 7.16. The minimum absolute atomic E-state index is 0.230. The SMILES string of the molecule is CC/C=C/CCOC(=O)CCCC(=O)OCCCC. The van der Waals surface area contributed by atoms with Gasteiger partial charge in [0.15, 0.2) is 0 Å². The zero-order valence-electron chi connectivity index (χ0n) is 12.2. The highest BCUT2D eigenvalue weighted by atomic mass is 16.5. The molecule has 0 spiro atoms. The van der Waals surface area contributed by atoms with E-state index in [-0.39, 0.29) is 24.8 Å². The average molecular weight is 270 g/mol. The van der Waals surface area contributed by atoms with Crippen molar-refractivity contribution in [2.24, 2.45) is 0 Å². The van der Waals surface area contributed by atoms with Gasteiger partial charge in [-0.05, 0) is 25.7 Å². The molecule has 0 atom stereocenters. The van der Waals surface area contributed by atoms with Gasteiger partial charge in [-0.15, -0.1) is 0 Å². The Morgan fingerprint density at radius 2 is 1.53 bits per heavy atom. The van der Waals surface area contributed by atoms with Crippen LogP contribution in [0.25, 0.3) is 0 Å². The Hall–Kier alpha value is -1.32. The van der Waals surface area contributed by atoms with Crippen molar-refractivity contribution in [2.45, 2.75) is 58.8 Å². The Morgan fingerprint density at radius 3 is 2.11 bits per heavy atom. The van der Waals surface area contributed by atoms with Crippen LogP contribution in [-0.2, 0) is 19.1 Å². The van der Waals surface area contributed by atoms with Gasteiger partial charge in [0.25, 0.3) is 0 Å². The third-order valence-electron chi connectivity index (χ3n) is 2.47. The van der Waals surface area contributed by atoms with E-state index in [0.29, 0.717) is 19.6 Å². The van der Waals surface area contributed by atoms with Crippen LogP contribution in [0.3, 0.4) is 0 Å². The third-order valence-corrected chi connectivity index (χ3v) is 2.47. The van der Waals surface area contributed by atoms with Crippen LogP contribution in [-0.4, -0.2) is 25.2 Å². The smallest absolute Gasteiger partial charge is 0.305 e. The van der Waals surface area contributed by atoms with Gasteiger partial charge in [0.2, 0.25) is 0 Å². The molecule has 0 aliphatic heterocycles. The molecule has 0 saturated heterocycles. The summed E-state index contributed by atoms with van der Waals surface area (Å²) in [5.41, 5.74) is 0. The lowest BCUT2D eigenvalue weighted by Gasteiger charge is -2.04. The van der Waals surface area contributed by atoms with Crippen molar-refractivity contribution in [1.82, 2.24) is 0 Å². The number of carbonyl (C=O) groups excluding carboxylic acids is 2. The zero-order valence-corrected chi connectivity index (χ0v) is 12.2. The van der Waals surface area contributed by atoms with Crippen LogP contribution in [0.1, 0.15) is 58.8 Å². The van der Waals surface area contributed by atoms with Crippen LogP contribution < -0.4 is 0 Å². The summed E-state index contributed by atoms with van der Waals surface area (Å²) in [5, 5.41) is 0. The Balaban J connectivity index is 3.42. The minimum atomic E-state index is -0.244.